The Bertz CT molecular complexity index is 1190. The van der Waals surface area contributed by atoms with E-state index in [2.05, 4.69) is 10.3 Å². The van der Waals surface area contributed by atoms with E-state index in [1.54, 1.807) is 18.7 Å². The summed E-state index contributed by atoms with van der Waals surface area (Å²) in [5.74, 6) is -0.675. The number of likely N-dealkylation sites (tertiary alicyclic amines) is 2. The second-order valence-electron chi connectivity index (χ2n) is 8.50. The van der Waals surface area contributed by atoms with Crippen molar-refractivity contribution in [1.82, 2.24) is 15.1 Å². The highest BCUT2D eigenvalue weighted by molar-refractivity contribution is 6.43. The maximum atomic E-state index is 14.3. The van der Waals surface area contributed by atoms with Gasteiger partial charge in [-0.3, -0.25) is 4.79 Å². The second kappa shape index (κ2) is 10.2. The summed E-state index contributed by atoms with van der Waals surface area (Å²) in [6.07, 6.45) is 0.147. The minimum Gasteiger partial charge on any atom is -0.462 e. The summed E-state index contributed by atoms with van der Waals surface area (Å²) in [6, 6.07) is 3.52. The highest BCUT2D eigenvalue weighted by Gasteiger charge is 2.32. The van der Waals surface area contributed by atoms with Crippen molar-refractivity contribution in [2.45, 2.75) is 26.4 Å². The molecule has 1 unspecified atom stereocenters. The van der Waals surface area contributed by atoms with Crippen LogP contribution in [0.5, 0.6) is 5.75 Å². The van der Waals surface area contributed by atoms with Crippen LogP contribution in [-0.4, -0.2) is 71.2 Å². The van der Waals surface area contributed by atoms with E-state index >= 15 is 0 Å². The number of nitrogens with one attached hydrogen (secondary N) is 2. The van der Waals surface area contributed by atoms with Crippen LogP contribution in [0.2, 0.25) is 0 Å². The number of halogens is 3. The molecule has 0 aromatic heterocycles. The molecule has 3 aliphatic rings. The van der Waals surface area contributed by atoms with Gasteiger partial charge in [0, 0.05) is 36.8 Å². The highest BCUT2D eigenvalue weighted by atomic mass is 35.5. The number of hydrogen-bond acceptors (Lipinski definition) is 7. The Morgan fingerprint density at radius 3 is 2.89 bits per heavy atom. The van der Waals surface area contributed by atoms with Gasteiger partial charge in [-0.1, -0.05) is 11.6 Å². The molecule has 186 valence electrons. The van der Waals surface area contributed by atoms with Crippen molar-refractivity contribution < 1.29 is 23.4 Å². The number of amides is 1. The predicted octanol–water partition coefficient (Wildman–Crippen LogP) is 3.30. The molecule has 2 fully saturated rings. The predicted molar refractivity (Wildman–Crippen MR) is 129 cm³/mol. The Labute approximate surface area is 206 Å². The first-order valence-electron chi connectivity index (χ1n) is 11.1. The smallest absolute Gasteiger partial charge is 0.258 e. The van der Waals surface area contributed by atoms with Crippen LogP contribution in [0.1, 0.15) is 30.6 Å². The third kappa shape index (κ3) is 5.08. The van der Waals surface area contributed by atoms with Gasteiger partial charge in [-0.25, -0.2) is 13.8 Å². The number of β-amino-alcohol motifs (C(OH)–C–C–N with tert-alkyl or cyclic N) is 1. The van der Waals surface area contributed by atoms with Crippen LogP contribution in [0.4, 0.5) is 8.78 Å². The number of ether oxygens (including phenoxy) is 1. The third-order valence-corrected chi connectivity index (χ3v) is 6.61. The molecule has 1 amide bonds. The summed E-state index contributed by atoms with van der Waals surface area (Å²) >= 11 is 6.19. The van der Waals surface area contributed by atoms with Crippen LogP contribution in [0.3, 0.4) is 0 Å². The minimum absolute atomic E-state index is 0.0408. The van der Waals surface area contributed by atoms with E-state index in [0.717, 1.165) is 12.1 Å². The molecule has 3 aliphatic heterocycles. The van der Waals surface area contributed by atoms with E-state index in [0.29, 0.717) is 34.4 Å². The van der Waals surface area contributed by atoms with Crippen LogP contribution in [0.25, 0.3) is 0 Å². The number of benzene rings is 1. The molecule has 0 aliphatic carbocycles. The van der Waals surface area contributed by atoms with Crippen molar-refractivity contribution in [1.29, 1.82) is 5.41 Å². The van der Waals surface area contributed by atoms with Gasteiger partial charge < -0.3 is 30.4 Å². The van der Waals surface area contributed by atoms with Crippen LogP contribution in [0, 0.1) is 11.2 Å². The van der Waals surface area contributed by atoms with Crippen molar-refractivity contribution in [3.63, 3.8) is 0 Å². The fourth-order valence-electron chi connectivity index (χ4n) is 4.20. The van der Waals surface area contributed by atoms with E-state index in [1.165, 1.54) is 17.2 Å². The molecule has 11 heteroatoms. The Kier molecular flexibility index (Phi) is 7.23. The number of carbonyl (C=O) groups excluding carboxylic acids is 1. The first-order valence-corrected chi connectivity index (χ1v) is 11.5. The Morgan fingerprint density at radius 2 is 2.17 bits per heavy atom. The first kappa shape index (κ1) is 24.9. The fourth-order valence-corrected chi connectivity index (χ4v) is 4.29. The van der Waals surface area contributed by atoms with Crippen LogP contribution in [-0.2, 0) is 0 Å². The summed E-state index contributed by atoms with van der Waals surface area (Å²) in [5.41, 5.74) is 2.41. The van der Waals surface area contributed by atoms with Crippen molar-refractivity contribution in [2.75, 3.05) is 32.8 Å². The maximum absolute atomic E-state index is 14.3. The van der Waals surface area contributed by atoms with E-state index < -0.39 is 17.9 Å². The van der Waals surface area contributed by atoms with E-state index in [1.807, 2.05) is 0 Å². The summed E-state index contributed by atoms with van der Waals surface area (Å²) < 4.78 is 33.9. The molecule has 2 saturated heterocycles. The van der Waals surface area contributed by atoms with Crippen LogP contribution in [0.15, 0.2) is 57.3 Å². The lowest BCUT2D eigenvalue weighted by Gasteiger charge is -2.20. The first-order chi connectivity index (χ1) is 16.7. The number of alkyl halides is 1. The fraction of sp³-hybridized carbons (Fsp3) is 0.375. The van der Waals surface area contributed by atoms with Gasteiger partial charge in [0.25, 0.3) is 5.91 Å². The van der Waals surface area contributed by atoms with Crippen molar-refractivity contribution >= 4 is 28.9 Å². The third-order valence-electron chi connectivity index (χ3n) is 6.06. The molecule has 35 heavy (non-hydrogen) atoms. The van der Waals surface area contributed by atoms with E-state index in [4.69, 9.17) is 21.7 Å². The number of rotatable bonds is 5. The molecule has 1 atom stereocenters. The summed E-state index contributed by atoms with van der Waals surface area (Å²) in [5, 5.41) is 21.2. The number of allylic oxidation sites excluding steroid dienone is 3. The van der Waals surface area contributed by atoms with Gasteiger partial charge in [-0.2, -0.15) is 0 Å². The number of hydrogen-bond donors (Lipinski definition) is 3. The number of carbonyl (C=O) groups is 1. The molecule has 0 radical (unpaired) electrons. The summed E-state index contributed by atoms with van der Waals surface area (Å²) in [4.78, 5) is 20.8. The molecule has 8 nitrogen and oxygen atoms in total. The van der Waals surface area contributed by atoms with Gasteiger partial charge in [0.1, 0.15) is 29.8 Å². The van der Waals surface area contributed by atoms with Crippen LogP contribution >= 0.6 is 11.6 Å². The normalized spacial score (nSPS) is 23.8. The summed E-state index contributed by atoms with van der Waals surface area (Å²) in [7, 11) is 0. The minimum atomic E-state index is -1.28. The zero-order chi connectivity index (χ0) is 25.3. The van der Waals surface area contributed by atoms with Gasteiger partial charge in [0.2, 0.25) is 0 Å². The summed E-state index contributed by atoms with van der Waals surface area (Å²) in [6.45, 7) is 4.25. The van der Waals surface area contributed by atoms with E-state index in [-0.39, 0.29) is 55.4 Å². The van der Waals surface area contributed by atoms with Gasteiger partial charge in [-0.15, -0.1) is 0 Å². The van der Waals surface area contributed by atoms with Crippen molar-refractivity contribution in [3.8, 4) is 5.75 Å². The molecule has 0 saturated carbocycles. The zero-order valence-electron chi connectivity index (χ0n) is 19.4. The largest absolute Gasteiger partial charge is 0.462 e. The molecule has 0 bridgehead atoms. The standard InChI is InChI=1S/C24H26ClF2N5O3/c1-13-22(25)14(2)30-23(29-13)17-10-32(11-19(17)28)24(34)16-4-3-15(26)9-21(16)35-12-20-18(27)5-6-31(20)7-8-33/h3-4,9,12,18,28-29,33H,5-8,10-11H2,1-2H3/b20-12+,23-17+,28-19?. The second-order valence-corrected chi connectivity index (χ2v) is 8.87. The van der Waals surface area contributed by atoms with Gasteiger partial charge >= 0.3 is 0 Å². The lowest BCUT2D eigenvalue weighted by Crippen LogP contribution is -2.29. The zero-order valence-corrected chi connectivity index (χ0v) is 20.1. The Hall–Kier alpha value is -3.24. The molecule has 1 aromatic rings. The molecular weight excluding hydrogens is 480 g/mol. The molecule has 1 aromatic carbocycles. The van der Waals surface area contributed by atoms with Gasteiger partial charge in [0.15, 0.2) is 0 Å². The average molecular weight is 506 g/mol. The molecule has 0 spiro atoms. The molecular formula is C24H26ClF2N5O3. The maximum Gasteiger partial charge on any atom is 0.258 e. The van der Waals surface area contributed by atoms with Gasteiger partial charge in [-0.05, 0) is 26.0 Å². The average Bonchev–Trinajstić information content (AvgIpc) is 3.38. The van der Waals surface area contributed by atoms with Crippen molar-refractivity contribution in [3.05, 3.63) is 63.7 Å². The Balaban J connectivity index is 1.58. The topological polar surface area (TPSA) is 101 Å². The number of aliphatic hydroxyl groups excluding tert-OH is 1. The van der Waals surface area contributed by atoms with E-state index in [9.17, 15) is 18.7 Å². The monoisotopic (exact) mass is 505 g/mol. The number of aliphatic imine (C=N–C) groups is 1. The van der Waals surface area contributed by atoms with Crippen molar-refractivity contribution in [2.24, 2.45) is 4.99 Å². The number of nitrogens with zero attached hydrogens (tertiary/aromatic N) is 3. The van der Waals surface area contributed by atoms with Crippen LogP contribution < -0.4 is 10.1 Å². The quantitative estimate of drug-likeness (QED) is 0.533. The van der Waals surface area contributed by atoms with Gasteiger partial charge in [0.05, 0.1) is 47.4 Å². The number of aliphatic hydroxyl groups is 1. The highest BCUT2D eigenvalue weighted by Crippen LogP contribution is 2.29. The molecule has 4 rings (SSSR count). The lowest BCUT2D eigenvalue weighted by molar-refractivity contribution is 0.0801. The SMILES string of the molecule is CC1=N/C(=C2\CN(C(=O)c3ccc(F)cc3O/C=C3\C(F)CCN3CCO)CC2=N)NC(C)=C1Cl. The molecule has 3 heterocycles. The Morgan fingerprint density at radius 1 is 1.40 bits per heavy atom. The molecule has 3 N–H and O–H groups in total. The lowest BCUT2D eigenvalue weighted by atomic mass is 10.1.